The average molecular weight is 307 g/mol. The van der Waals surface area contributed by atoms with Gasteiger partial charge in [-0.2, -0.15) is 0 Å². The molecule has 0 rings (SSSR count). The summed E-state index contributed by atoms with van der Waals surface area (Å²) in [6.07, 6.45) is 8.76. The van der Waals surface area contributed by atoms with Gasteiger partial charge in [0.1, 0.15) is 0 Å². The molecule has 0 saturated heterocycles. The van der Waals surface area contributed by atoms with E-state index in [0.29, 0.717) is 6.42 Å². The predicted molar refractivity (Wildman–Crippen MR) is 56.5 cm³/mol. The van der Waals surface area contributed by atoms with Crippen LogP contribution in [0.5, 0.6) is 0 Å². The molecule has 82 valence electrons. The van der Waals surface area contributed by atoms with Crippen molar-refractivity contribution in [1.29, 1.82) is 0 Å². The zero-order valence-corrected chi connectivity index (χ0v) is 12.3. The molecule has 0 radical (unpaired) electrons. The van der Waals surface area contributed by atoms with Gasteiger partial charge in [0, 0.05) is 0 Å². The minimum atomic E-state index is -2.17. The number of rotatable bonds is 9. The predicted octanol–water partition coefficient (Wildman–Crippen LogP) is 2.37. The second kappa shape index (κ2) is 11.1. The van der Waals surface area contributed by atoms with Crippen molar-refractivity contribution >= 4 is 27.5 Å². The zero-order chi connectivity index (χ0) is 10.6. The van der Waals surface area contributed by atoms with Gasteiger partial charge >= 0.3 is 96.7 Å². The topological polar surface area (TPSA) is 43.4 Å². The van der Waals surface area contributed by atoms with Gasteiger partial charge in [-0.25, -0.2) is 0 Å². The summed E-state index contributed by atoms with van der Waals surface area (Å²) in [7, 11) is 0. The average Bonchev–Trinajstić information content (AvgIpc) is 2.17. The Morgan fingerprint density at radius 1 is 1.07 bits per heavy atom. The summed E-state index contributed by atoms with van der Waals surface area (Å²) in [5.74, 6) is -0.269. The number of carbonyl (C=O) groups is 1. The third-order valence-electron chi connectivity index (χ3n) is 2.16. The monoisotopic (exact) mass is 308 g/mol. The Hall–Kier alpha value is 0.0687. The molecule has 0 heterocycles. The summed E-state index contributed by atoms with van der Waals surface area (Å²) in [5, 5.41) is 0. The van der Waals surface area contributed by atoms with Gasteiger partial charge in [0.25, 0.3) is 0 Å². The van der Waals surface area contributed by atoms with Crippen LogP contribution in [0.15, 0.2) is 0 Å². The molecule has 0 amide bonds. The third kappa shape index (κ3) is 10.2. The van der Waals surface area contributed by atoms with Crippen LogP contribution in [-0.2, 0) is 10.9 Å². The fraction of sp³-hybridized carbons (Fsp3) is 0.900. The summed E-state index contributed by atoms with van der Waals surface area (Å²) in [5.41, 5.74) is 0. The first kappa shape index (κ1) is 14.1. The maximum atomic E-state index is 10.8. The van der Waals surface area contributed by atoms with Crippen LogP contribution < -0.4 is 0 Å². The van der Waals surface area contributed by atoms with Gasteiger partial charge in [-0.3, -0.25) is 0 Å². The van der Waals surface area contributed by atoms with Crippen molar-refractivity contribution in [3.05, 3.63) is 0 Å². The van der Waals surface area contributed by atoms with E-state index in [-0.39, 0.29) is 5.97 Å². The third-order valence-corrected chi connectivity index (χ3v) is 3.19. The first-order valence-electron chi connectivity index (χ1n) is 5.44. The van der Waals surface area contributed by atoms with Crippen LogP contribution in [0.1, 0.15) is 58.3 Å². The van der Waals surface area contributed by atoms with E-state index in [0.717, 1.165) is 12.8 Å². The van der Waals surface area contributed by atoms with Crippen molar-refractivity contribution in [3.63, 3.8) is 0 Å². The second-order valence-electron chi connectivity index (χ2n) is 3.46. The van der Waals surface area contributed by atoms with Crippen LogP contribution in [0, 0.1) is 0 Å². The zero-order valence-electron chi connectivity index (χ0n) is 8.96. The van der Waals surface area contributed by atoms with Crippen molar-refractivity contribution in [2.45, 2.75) is 58.3 Å². The molecule has 0 aromatic heterocycles. The van der Waals surface area contributed by atoms with Crippen LogP contribution in [0.25, 0.3) is 0 Å². The molecule has 0 aromatic rings. The first-order chi connectivity index (χ1) is 6.81. The molecule has 0 unspecified atom stereocenters. The van der Waals surface area contributed by atoms with Gasteiger partial charge < -0.3 is 0 Å². The molecule has 0 N–H and O–H groups in total. The molecule has 4 heteroatoms. The molecule has 0 fully saturated rings. The molecule has 0 spiro atoms. The van der Waals surface area contributed by atoms with E-state index in [4.69, 9.17) is 0 Å². The van der Waals surface area contributed by atoms with Crippen LogP contribution in [0.2, 0.25) is 0 Å². The van der Waals surface area contributed by atoms with E-state index in [1.807, 2.05) is 0 Å². The van der Waals surface area contributed by atoms with Crippen molar-refractivity contribution in [2.75, 3.05) is 0 Å². The molecule has 0 saturated carbocycles. The standard InChI is InChI=1S/C10H20O2.O.Sn.H/c1-2-3-4-5-6-7-8-9-10(11)12;;;/h2-9H2,1H3,(H,11,12);;;/q;;+1;/p-1. The summed E-state index contributed by atoms with van der Waals surface area (Å²) in [6, 6.07) is 0. The van der Waals surface area contributed by atoms with E-state index >= 15 is 0 Å². The van der Waals surface area contributed by atoms with Crippen LogP contribution in [-0.4, -0.2) is 27.5 Å². The maximum absolute atomic E-state index is 10.8. The van der Waals surface area contributed by atoms with E-state index in [1.165, 1.54) is 32.1 Å². The SMILES string of the molecule is CCCCCCCCCC(=O)[O][SnH]=[O]. The molecular weight excluding hydrogens is 287 g/mol. The van der Waals surface area contributed by atoms with Gasteiger partial charge in [0.05, 0.1) is 0 Å². The van der Waals surface area contributed by atoms with E-state index in [2.05, 4.69) is 10.00 Å². The number of unbranched alkanes of at least 4 members (excludes halogenated alkanes) is 6. The quantitative estimate of drug-likeness (QED) is 0.485. The van der Waals surface area contributed by atoms with E-state index < -0.39 is 21.5 Å². The number of carbonyl (C=O) groups excluding carboxylic acids is 1. The van der Waals surface area contributed by atoms with E-state index in [9.17, 15) is 7.87 Å². The normalized spacial score (nSPS) is 9.79. The molecule has 0 aliphatic carbocycles. The second-order valence-corrected chi connectivity index (χ2v) is 4.68. The van der Waals surface area contributed by atoms with Crippen LogP contribution in [0.3, 0.4) is 0 Å². The Morgan fingerprint density at radius 2 is 1.64 bits per heavy atom. The van der Waals surface area contributed by atoms with Crippen LogP contribution >= 0.6 is 0 Å². The van der Waals surface area contributed by atoms with Gasteiger partial charge in [-0.05, 0) is 0 Å². The molecule has 0 aromatic carbocycles. The summed E-state index contributed by atoms with van der Waals surface area (Å²) < 4.78 is 14.6. The Labute approximate surface area is 96.7 Å². The number of hydrogen-bond donors (Lipinski definition) is 0. The summed E-state index contributed by atoms with van der Waals surface area (Å²) in [6.45, 7) is 2.20. The van der Waals surface area contributed by atoms with Gasteiger partial charge in [-0.15, -0.1) is 0 Å². The fourth-order valence-electron chi connectivity index (χ4n) is 1.34. The molecule has 0 bridgehead atoms. The van der Waals surface area contributed by atoms with Crippen molar-refractivity contribution in [2.24, 2.45) is 0 Å². The Morgan fingerprint density at radius 3 is 2.21 bits per heavy atom. The fourth-order valence-corrected chi connectivity index (χ4v) is 1.98. The van der Waals surface area contributed by atoms with Gasteiger partial charge in [-0.1, -0.05) is 0 Å². The van der Waals surface area contributed by atoms with Gasteiger partial charge in [0.2, 0.25) is 0 Å². The molecule has 0 atom stereocenters. The van der Waals surface area contributed by atoms with E-state index in [1.54, 1.807) is 0 Å². The number of hydrogen-bond acceptors (Lipinski definition) is 3. The van der Waals surface area contributed by atoms with Crippen molar-refractivity contribution in [3.8, 4) is 0 Å². The Kier molecular flexibility index (Phi) is 11.2. The molecule has 0 aliphatic rings. The van der Waals surface area contributed by atoms with Crippen molar-refractivity contribution < 1.29 is 10.9 Å². The van der Waals surface area contributed by atoms with Gasteiger partial charge in [0.15, 0.2) is 0 Å². The minimum absolute atomic E-state index is 0.269. The Balaban J connectivity index is 3.05. The van der Waals surface area contributed by atoms with Crippen LogP contribution in [0.4, 0.5) is 0 Å². The Bertz CT molecular complexity index is 159. The molecule has 14 heavy (non-hydrogen) atoms. The first-order valence-corrected chi connectivity index (χ1v) is 8.13. The summed E-state index contributed by atoms with van der Waals surface area (Å²) in [4.78, 5) is 10.8. The summed E-state index contributed by atoms with van der Waals surface area (Å²) >= 11 is -2.17. The molecular formula is C10H20O3Sn. The van der Waals surface area contributed by atoms with Crippen molar-refractivity contribution in [1.82, 2.24) is 0 Å². The molecule has 3 nitrogen and oxygen atoms in total. The molecule has 0 aliphatic heterocycles.